The molecule has 1 aromatic rings. The number of hydrogen-bond donors (Lipinski definition) is 2. The van der Waals surface area contributed by atoms with Gasteiger partial charge in [0.05, 0.1) is 13.1 Å². The number of rotatable bonds is 5. The molecule has 0 aliphatic carbocycles. The quantitative estimate of drug-likeness (QED) is 0.485. The summed E-state index contributed by atoms with van der Waals surface area (Å²) in [7, 11) is 0. The third-order valence-electron chi connectivity index (χ3n) is 3.60. The van der Waals surface area contributed by atoms with Crippen LogP contribution in [0.1, 0.15) is 18.1 Å². The van der Waals surface area contributed by atoms with Gasteiger partial charge in [-0.3, -0.25) is 9.89 Å². The molecule has 1 heterocycles. The third kappa shape index (κ3) is 4.80. The summed E-state index contributed by atoms with van der Waals surface area (Å²) in [6.07, 6.45) is 6.39. The zero-order valence-electron chi connectivity index (χ0n) is 12.7. The number of guanidine groups is 1. The summed E-state index contributed by atoms with van der Waals surface area (Å²) in [6.45, 7) is 7.29. The maximum Gasteiger partial charge on any atom is 0.192 e. The van der Waals surface area contributed by atoms with Crippen molar-refractivity contribution >= 4 is 5.96 Å². The summed E-state index contributed by atoms with van der Waals surface area (Å²) in [5, 5.41) is 6.30. The summed E-state index contributed by atoms with van der Waals surface area (Å²) in [6, 6.07) is 8.70. The monoisotopic (exact) mass is 284 g/mol. The molecule has 4 heteroatoms. The zero-order valence-corrected chi connectivity index (χ0v) is 12.7. The average Bonchev–Trinajstić information content (AvgIpc) is 2.52. The van der Waals surface area contributed by atoms with Gasteiger partial charge in [0.25, 0.3) is 0 Å². The van der Waals surface area contributed by atoms with Gasteiger partial charge in [-0.15, -0.1) is 6.42 Å². The van der Waals surface area contributed by atoms with Crippen molar-refractivity contribution in [3.05, 3.63) is 35.4 Å². The van der Waals surface area contributed by atoms with E-state index in [9.17, 15) is 0 Å². The van der Waals surface area contributed by atoms with Crippen molar-refractivity contribution in [3.63, 3.8) is 0 Å². The van der Waals surface area contributed by atoms with Crippen molar-refractivity contribution in [1.82, 2.24) is 15.5 Å². The molecular formula is C17H24N4. The van der Waals surface area contributed by atoms with Gasteiger partial charge >= 0.3 is 0 Å². The molecule has 0 atom stereocenters. The third-order valence-corrected chi connectivity index (χ3v) is 3.60. The van der Waals surface area contributed by atoms with E-state index in [4.69, 9.17) is 6.42 Å². The lowest BCUT2D eigenvalue weighted by Crippen LogP contribution is -2.38. The number of terminal acetylenes is 1. The molecule has 2 N–H and O–H groups in total. The molecule has 0 spiro atoms. The molecular weight excluding hydrogens is 260 g/mol. The van der Waals surface area contributed by atoms with Crippen LogP contribution in [-0.4, -0.2) is 43.6 Å². The van der Waals surface area contributed by atoms with Crippen LogP contribution in [0.4, 0.5) is 0 Å². The van der Waals surface area contributed by atoms with Crippen LogP contribution in [0, 0.1) is 12.3 Å². The minimum atomic E-state index is 0.503. The minimum absolute atomic E-state index is 0.503. The molecule has 0 aromatic heterocycles. The van der Waals surface area contributed by atoms with E-state index in [0.29, 0.717) is 6.54 Å². The number of hydrogen-bond acceptors (Lipinski definition) is 2. The molecule has 21 heavy (non-hydrogen) atoms. The summed E-state index contributed by atoms with van der Waals surface area (Å²) in [5.74, 6) is 3.36. The Bertz CT molecular complexity index is 516. The van der Waals surface area contributed by atoms with Crippen LogP contribution in [0.25, 0.3) is 0 Å². The molecule has 0 saturated carbocycles. The number of fused-ring (bicyclic) bond motifs is 1. The van der Waals surface area contributed by atoms with Crippen LogP contribution in [-0.2, 0) is 13.0 Å². The van der Waals surface area contributed by atoms with E-state index in [-0.39, 0.29) is 0 Å². The predicted octanol–water partition coefficient (Wildman–Crippen LogP) is 1.23. The highest BCUT2D eigenvalue weighted by Crippen LogP contribution is 2.17. The van der Waals surface area contributed by atoms with E-state index >= 15 is 0 Å². The number of nitrogens with zero attached hydrogens (tertiary/aromatic N) is 2. The van der Waals surface area contributed by atoms with Crippen molar-refractivity contribution < 1.29 is 0 Å². The van der Waals surface area contributed by atoms with Crippen LogP contribution in [0.3, 0.4) is 0 Å². The molecule has 4 nitrogen and oxygen atoms in total. The van der Waals surface area contributed by atoms with E-state index < -0.39 is 0 Å². The Balaban J connectivity index is 1.82. The average molecular weight is 284 g/mol. The first-order valence-electron chi connectivity index (χ1n) is 7.58. The largest absolute Gasteiger partial charge is 0.357 e. The predicted molar refractivity (Wildman–Crippen MR) is 88.2 cm³/mol. The van der Waals surface area contributed by atoms with Crippen LogP contribution < -0.4 is 10.6 Å². The van der Waals surface area contributed by atoms with Gasteiger partial charge in [0.1, 0.15) is 0 Å². The second-order valence-corrected chi connectivity index (χ2v) is 5.11. The van der Waals surface area contributed by atoms with Gasteiger partial charge in [0, 0.05) is 26.2 Å². The van der Waals surface area contributed by atoms with Gasteiger partial charge in [-0.1, -0.05) is 30.2 Å². The standard InChI is InChI=1S/C17H24N4/c1-3-10-19-17(18-4-2)20-11-13-21-12-9-15-7-5-6-8-16(15)14-21/h1,5-8H,4,9-14H2,2H3,(H2,18,19,20). The molecule has 1 aliphatic heterocycles. The Hall–Kier alpha value is -1.99. The summed E-state index contributed by atoms with van der Waals surface area (Å²) >= 11 is 0. The molecule has 0 radical (unpaired) electrons. The lowest BCUT2D eigenvalue weighted by atomic mass is 10.0. The lowest BCUT2D eigenvalue weighted by molar-refractivity contribution is 0.261. The van der Waals surface area contributed by atoms with Crippen LogP contribution in [0.5, 0.6) is 0 Å². The molecule has 0 bridgehead atoms. The van der Waals surface area contributed by atoms with Crippen LogP contribution in [0.2, 0.25) is 0 Å². The second-order valence-electron chi connectivity index (χ2n) is 5.11. The van der Waals surface area contributed by atoms with Gasteiger partial charge in [-0.05, 0) is 24.5 Å². The Morgan fingerprint density at radius 1 is 1.33 bits per heavy atom. The fourth-order valence-electron chi connectivity index (χ4n) is 2.52. The first-order valence-corrected chi connectivity index (χ1v) is 7.58. The Morgan fingerprint density at radius 2 is 2.14 bits per heavy atom. The van der Waals surface area contributed by atoms with Crippen LogP contribution in [0.15, 0.2) is 29.3 Å². The minimum Gasteiger partial charge on any atom is -0.357 e. The second kappa shape index (κ2) is 8.33. The molecule has 0 saturated heterocycles. The molecule has 0 unspecified atom stereocenters. The molecule has 112 valence electrons. The first-order chi connectivity index (χ1) is 10.3. The summed E-state index contributed by atoms with van der Waals surface area (Å²) < 4.78 is 0. The Kier molecular flexibility index (Phi) is 6.11. The molecule has 0 amide bonds. The van der Waals surface area contributed by atoms with E-state index in [1.54, 1.807) is 0 Å². The normalized spacial score (nSPS) is 15.1. The van der Waals surface area contributed by atoms with Crippen molar-refractivity contribution in [2.75, 3.05) is 32.7 Å². The van der Waals surface area contributed by atoms with Crippen molar-refractivity contribution in [2.45, 2.75) is 19.9 Å². The lowest BCUT2D eigenvalue weighted by Gasteiger charge is -2.28. The zero-order chi connectivity index (χ0) is 14.9. The van der Waals surface area contributed by atoms with Crippen molar-refractivity contribution in [3.8, 4) is 12.3 Å². The fraction of sp³-hybridized carbons (Fsp3) is 0.471. The molecule has 1 aliphatic rings. The summed E-state index contributed by atoms with van der Waals surface area (Å²) in [5.41, 5.74) is 2.94. The SMILES string of the molecule is C#CCNC(=NCCN1CCc2ccccc2C1)NCC. The van der Waals surface area contributed by atoms with Gasteiger partial charge in [-0.2, -0.15) is 0 Å². The summed E-state index contributed by atoms with van der Waals surface area (Å²) in [4.78, 5) is 7.01. The maximum atomic E-state index is 5.26. The van der Waals surface area contributed by atoms with Crippen molar-refractivity contribution in [1.29, 1.82) is 0 Å². The Morgan fingerprint density at radius 3 is 2.90 bits per heavy atom. The number of nitrogens with one attached hydrogen (secondary N) is 2. The number of aliphatic imine (C=N–C) groups is 1. The Labute approximate surface area is 127 Å². The molecule has 1 aromatic carbocycles. The highest BCUT2D eigenvalue weighted by molar-refractivity contribution is 5.79. The van der Waals surface area contributed by atoms with E-state index in [0.717, 1.165) is 45.1 Å². The van der Waals surface area contributed by atoms with Crippen molar-refractivity contribution in [2.24, 2.45) is 4.99 Å². The van der Waals surface area contributed by atoms with E-state index in [2.05, 4.69) is 57.6 Å². The molecule has 2 rings (SSSR count). The van der Waals surface area contributed by atoms with E-state index in [1.807, 2.05) is 0 Å². The van der Waals surface area contributed by atoms with Gasteiger partial charge < -0.3 is 10.6 Å². The molecule has 0 fully saturated rings. The van der Waals surface area contributed by atoms with E-state index in [1.165, 1.54) is 11.1 Å². The first kappa shape index (κ1) is 15.4. The smallest absolute Gasteiger partial charge is 0.192 e. The maximum absolute atomic E-state index is 5.26. The fourth-order valence-corrected chi connectivity index (χ4v) is 2.52. The highest BCUT2D eigenvalue weighted by atomic mass is 15.2. The topological polar surface area (TPSA) is 39.7 Å². The van der Waals surface area contributed by atoms with Gasteiger partial charge in [-0.25, -0.2) is 0 Å². The van der Waals surface area contributed by atoms with Gasteiger partial charge in [0.15, 0.2) is 5.96 Å². The number of benzene rings is 1. The van der Waals surface area contributed by atoms with Crippen LogP contribution >= 0.6 is 0 Å². The highest BCUT2D eigenvalue weighted by Gasteiger charge is 2.14. The van der Waals surface area contributed by atoms with Gasteiger partial charge in [0.2, 0.25) is 0 Å².